The van der Waals surface area contributed by atoms with Gasteiger partial charge in [0.25, 0.3) is 0 Å². The van der Waals surface area contributed by atoms with Gasteiger partial charge in [-0.15, -0.1) is 12.4 Å². The molecular formula is C14H19ClN2O. The molecule has 18 heavy (non-hydrogen) atoms. The van der Waals surface area contributed by atoms with Crippen LogP contribution in [0.3, 0.4) is 0 Å². The van der Waals surface area contributed by atoms with E-state index in [0.717, 1.165) is 29.9 Å². The van der Waals surface area contributed by atoms with E-state index in [1.807, 2.05) is 18.2 Å². The molecule has 0 spiro atoms. The van der Waals surface area contributed by atoms with Gasteiger partial charge in [-0.25, -0.2) is 0 Å². The van der Waals surface area contributed by atoms with Crippen molar-refractivity contribution in [3.8, 4) is 11.3 Å². The first kappa shape index (κ1) is 14.7. The predicted molar refractivity (Wildman–Crippen MR) is 75.9 cm³/mol. The lowest BCUT2D eigenvalue weighted by Crippen LogP contribution is -2.21. The Hall–Kier alpha value is -1.32. The van der Waals surface area contributed by atoms with Crippen LogP contribution in [-0.2, 0) is 6.42 Å². The van der Waals surface area contributed by atoms with Gasteiger partial charge in [0, 0.05) is 24.1 Å². The normalized spacial score (nSPS) is 11.9. The van der Waals surface area contributed by atoms with Crippen molar-refractivity contribution in [1.29, 1.82) is 0 Å². The molecule has 1 aromatic heterocycles. The average Bonchev–Trinajstić information content (AvgIpc) is 2.78. The molecule has 0 aliphatic rings. The third-order valence-corrected chi connectivity index (χ3v) is 2.89. The zero-order chi connectivity index (χ0) is 12.3. The Morgan fingerprint density at radius 2 is 1.94 bits per heavy atom. The van der Waals surface area contributed by atoms with Gasteiger partial charge in [-0.05, 0) is 13.3 Å². The van der Waals surface area contributed by atoms with Crippen molar-refractivity contribution in [1.82, 2.24) is 5.16 Å². The SMILES string of the molecule is CCC(N)Cc1cc(-c2ccc(C)cc2)on1.Cl. The van der Waals surface area contributed by atoms with Gasteiger partial charge < -0.3 is 10.3 Å². The monoisotopic (exact) mass is 266 g/mol. The van der Waals surface area contributed by atoms with Crippen LogP contribution in [-0.4, -0.2) is 11.2 Å². The number of rotatable bonds is 4. The van der Waals surface area contributed by atoms with E-state index in [0.29, 0.717) is 0 Å². The standard InChI is InChI=1S/C14H18N2O.ClH/c1-3-12(15)8-13-9-14(17-16-13)11-6-4-10(2)5-7-11;/h4-7,9,12H,3,8,15H2,1-2H3;1H. The summed E-state index contributed by atoms with van der Waals surface area (Å²) in [5.74, 6) is 0.809. The molecule has 1 unspecified atom stereocenters. The quantitative estimate of drug-likeness (QED) is 0.923. The Morgan fingerprint density at radius 1 is 1.28 bits per heavy atom. The van der Waals surface area contributed by atoms with Gasteiger partial charge in [0.15, 0.2) is 5.76 Å². The fourth-order valence-electron chi connectivity index (χ4n) is 1.67. The molecule has 0 saturated carbocycles. The minimum Gasteiger partial charge on any atom is -0.356 e. The highest BCUT2D eigenvalue weighted by atomic mass is 35.5. The molecule has 2 aromatic rings. The summed E-state index contributed by atoms with van der Waals surface area (Å²) >= 11 is 0. The molecule has 2 N–H and O–H groups in total. The second-order valence-electron chi connectivity index (χ2n) is 4.42. The molecule has 2 rings (SSSR count). The third kappa shape index (κ3) is 3.59. The molecule has 98 valence electrons. The number of nitrogens with zero attached hydrogens (tertiary/aromatic N) is 1. The molecule has 4 heteroatoms. The van der Waals surface area contributed by atoms with Crippen molar-refractivity contribution < 1.29 is 4.52 Å². The molecule has 1 aromatic carbocycles. The highest BCUT2D eigenvalue weighted by Gasteiger charge is 2.09. The van der Waals surface area contributed by atoms with Crippen LogP contribution >= 0.6 is 12.4 Å². The smallest absolute Gasteiger partial charge is 0.167 e. The number of hydrogen-bond donors (Lipinski definition) is 1. The molecule has 1 atom stereocenters. The Labute approximate surface area is 114 Å². The summed E-state index contributed by atoms with van der Waals surface area (Å²) in [5, 5.41) is 4.05. The van der Waals surface area contributed by atoms with Gasteiger partial charge >= 0.3 is 0 Å². The maximum Gasteiger partial charge on any atom is 0.167 e. The number of nitrogens with two attached hydrogens (primary N) is 1. The highest BCUT2D eigenvalue weighted by molar-refractivity contribution is 5.85. The fourth-order valence-corrected chi connectivity index (χ4v) is 1.67. The van der Waals surface area contributed by atoms with E-state index >= 15 is 0 Å². The van der Waals surface area contributed by atoms with Crippen LogP contribution in [0.15, 0.2) is 34.9 Å². The van der Waals surface area contributed by atoms with Crippen LogP contribution in [0.1, 0.15) is 24.6 Å². The first-order valence-electron chi connectivity index (χ1n) is 5.97. The Balaban J connectivity index is 0.00000162. The van der Waals surface area contributed by atoms with Gasteiger partial charge in [-0.3, -0.25) is 0 Å². The van der Waals surface area contributed by atoms with Crippen LogP contribution < -0.4 is 5.73 Å². The fraction of sp³-hybridized carbons (Fsp3) is 0.357. The van der Waals surface area contributed by atoms with E-state index in [1.54, 1.807) is 0 Å². The maximum absolute atomic E-state index is 5.89. The molecule has 0 bridgehead atoms. The zero-order valence-electron chi connectivity index (χ0n) is 10.7. The van der Waals surface area contributed by atoms with Crippen LogP contribution in [0.2, 0.25) is 0 Å². The molecule has 0 fully saturated rings. The van der Waals surface area contributed by atoms with Crippen molar-refractivity contribution in [3.63, 3.8) is 0 Å². The minimum absolute atomic E-state index is 0. The summed E-state index contributed by atoms with van der Waals surface area (Å²) in [5.41, 5.74) is 9.11. The van der Waals surface area contributed by atoms with Gasteiger partial charge in [0.05, 0.1) is 5.69 Å². The highest BCUT2D eigenvalue weighted by Crippen LogP contribution is 2.21. The van der Waals surface area contributed by atoms with Crippen molar-refractivity contribution >= 4 is 12.4 Å². The van der Waals surface area contributed by atoms with Crippen molar-refractivity contribution in [2.24, 2.45) is 5.73 Å². The molecule has 1 heterocycles. The van der Waals surface area contributed by atoms with E-state index < -0.39 is 0 Å². The summed E-state index contributed by atoms with van der Waals surface area (Å²) in [6.45, 7) is 4.14. The van der Waals surface area contributed by atoms with Crippen molar-refractivity contribution in [2.75, 3.05) is 0 Å². The van der Waals surface area contributed by atoms with E-state index in [9.17, 15) is 0 Å². The lowest BCUT2D eigenvalue weighted by Gasteiger charge is -2.03. The van der Waals surface area contributed by atoms with Crippen LogP contribution in [0.4, 0.5) is 0 Å². The topological polar surface area (TPSA) is 52.0 Å². The number of benzene rings is 1. The van der Waals surface area contributed by atoms with Crippen LogP contribution in [0, 0.1) is 6.92 Å². The Bertz CT molecular complexity index is 479. The number of aromatic nitrogens is 1. The first-order chi connectivity index (χ1) is 8.19. The number of hydrogen-bond acceptors (Lipinski definition) is 3. The second kappa shape index (κ2) is 6.57. The summed E-state index contributed by atoms with van der Waals surface area (Å²) in [6, 6.07) is 10.3. The van der Waals surface area contributed by atoms with Crippen LogP contribution in [0.5, 0.6) is 0 Å². The second-order valence-corrected chi connectivity index (χ2v) is 4.42. The average molecular weight is 267 g/mol. The van der Waals surface area contributed by atoms with E-state index in [1.165, 1.54) is 5.56 Å². The predicted octanol–water partition coefficient (Wildman–Crippen LogP) is 3.35. The molecule has 0 aliphatic carbocycles. The van der Waals surface area contributed by atoms with E-state index in [-0.39, 0.29) is 18.4 Å². The molecule has 0 amide bonds. The van der Waals surface area contributed by atoms with Crippen molar-refractivity contribution in [3.05, 3.63) is 41.6 Å². The lowest BCUT2D eigenvalue weighted by molar-refractivity contribution is 0.419. The van der Waals surface area contributed by atoms with Gasteiger partial charge in [0.1, 0.15) is 0 Å². The van der Waals surface area contributed by atoms with Crippen LogP contribution in [0.25, 0.3) is 11.3 Å². The van der Waals surface area contributed by atoms with Gasteiger partial charge in [-0.1, -0.05) is 41.9 Å². The van der Waals surface area contributed by atoms with E-state index in [2.05, 4.69) is 31.1 Å². The van der Waals surface area contributed by atoms with E-state index in [4.69, 9.17) is 10.3 Å². The summed E-state index contributed by atoms with van der Waals surface area (Å²) in [7, 11) is 0. The molecule has 0 saturated heterocycles. The van der Waals surface area contributed by atoms with Gasteiger partial charge in [0.2, 0.25) is 0 Å². The minimum atomic E-state index is 0. The number of aryl methyl sites for hydroxylation is 1. The Morgan fingerprint density at radius 3 is 2.56 bits per heavy atom. The largest absolute Gasteiger partial charge is 0.356 e. The summed E-state index contributed by atoms with van der Waals surface area (Å²) in [6.07, 6.45) is 1.72. The maximum atomic E-state index is 5.89. The molecule has 0 aliphatic heterocycles. The zero-order valence-corrected chi connectivity index (χ0v) is 11.5. The first-order valence-corrected chi connectivity index (χ1v) is 5.97. The number of halogens is 1. The molecule has 3 nitrogen and oxygen atoms in total. The Kier molecular flexibility index (Phi) is 5.38. The van der Waals surface area contributed by atoms with Crippen molar-refractivity contribution in [2.45, 2.75) is 32.7 Å². The lowest BCUT2D eigenvalue weighted by atomic mass is 10.1. The third-order valence-electron chi connectivity index (χ3n) is 2.89. The molecule has 0 radical (unpaired) electrons. The molecular weight excluding hydrogens is 248 g/mol. The summed E-state index contributed by atoms with van der Waals surface area (Å²) < 4.78 is 5.33. The van der Waals surface area contributed by atoms with Gasteiger partial charge in [-0.2, -0.15) is 0 Å². The summed E-state index contributed by atoms with van der Waals surface area (Å²) in [4.78, 5) is 0.